The van der Waals surface area contributed by atoms with Gasteiger partial charge in [-0.3, -0.25) is 9.80 Å². The van der Waals surface area contributed by atoms with Gasteiger partial charge in [0.15, 0.2) is 0 Å². The molecule has 1 unspecified atom stereocenters. The number of aromatic nitrogens is 2. The van der Waals surface area contributed by atoms with Crippen LogP contribution in [-0.2, 0) is 4.74 Å². The van der Waals surface area contributed by atoms with Crippen LogP contribution in [0.4, 0.5) is 5.95 Å². The Kier molecular flexibility index (Phi) is 6.18. The predicted octanol–water partition coefficient (Wildman–Crippen LogP) is 1.64. The molecule has 0 aliphatic carbocycles. The van der Waals surface area contributed by atoms with E-state index in [9.17, 15) is 5.11 Å². The molecule has 0 amide bonds. The lowest BCUT2D eigenvalue weighted by Crippen LogP contribution is -2.57. The zero-order valence-electron chi connectivity index (χ0n) is 18.1. The van der Waals surface area contributed by atoms with Gasteiger partial charge in [-0.25, -0.2) is 9.97 Å². The second-order valence-electron chi connectivity index (χ2n) is 8.48. The van der Waals surface area contributed by atoms with Crippen LogP contribution < -0.4 is 10.5 Å². The molecule has 0 saturated carbocycles. The lowest BCUT2D eigenvalue weighted by Gasteiger charge is -2.42. The molecular formula is C24H29N5O3. The second-order valence-corrected chi connectivity index (χ2v) is 8.48. The molecule has 3 aromatic rings. The van der Waals surface area contributed by atoms with Crippen LogP contribution in [0.3, 0.4) is 0 Å². The molecule has 2 aromatic carbocycles. The topological polar surface area (TPSA) is 97.0 Å². The largest absolute Gasteiger partial charge is 0.490 e. The number of nitrogens with two attached hydrogens (primary N) is 1. The summed E-state index contributed by atoms with van der Waals surface area (Å²) in [5.41, 5.74) is 7.42. The van der Waals surface area contributed by atoms with Crippen LogP contribution in [-0.4, -0.2) is 89.6 Å². The molecule has 5 rings (SSSR count). The number of ether oxygens (including phenoxy) is 2. The maximum absolute atomic E-state index is 10.7. The van der Waals surface area contributed by atoms with Crippen LogP contribution >= 0.6 is 0 Å². The highest BCUT2D eigenvalue weighted by atomic mass is 16.5. The van der Waals surface area contributed by atoms with E-state index in [0.717, 1.165) is 61.3 Å². The molecule has 2 aliphatic heterocycles. The molecule has 168 valence electrons. The Labute approximate surface area is 187 Å². The van der Waals surface area contributed by atoms with Crippen molar-refractivity contribution in [2.45, 2.75) is 12.1 Å². The number of β-amino-alcohol motifs (C(OH)–C–C–N with tert-alkyl or cyclic N) is 1. The number of nitrogen functional groups attached to an aromatic ring is 1. The van der Waals surface area contributed by atoms with E-state index in [2.05, 4.69) is 31.9 Å². The van der Waals surface area contributed by atoms with Crippen LogP contribution in [0.25, 0.3) is 21.9 Å². The van der Waals surface area contributed by atoms with Crippen LogP contribution in [0.5, 0.6) is 5.75 Å². The zero-order chi connectivity index (χ0) is 21.9. The average molecular weight is 436 g/mol. The number of aliphatic hydroxyl groups excluding tert-OH is 1. The highest BCUT2D eigenvalue weighted by Gasteiger charge is 2.29. The van der Waals surface area contributed by atoms with Crippen molar-refractivity contribution in [2.75, 3.05) is 58.3 Å². The fourth-order valence-electron chi connectivity index (χ4n) is 4.42. The molecule has 8 heteroatoms. The van der Waals surface area contributed by atoms with E-state index in [1.807, 2.05) is 24.3 Å². The quantitative estimate of drug-likeness (QED) is 0.578. The molecular weight excluding hydrogens is 406 g/mol. The summed E-state index contributed by atoms with van der Waals surface area (Å²) in [4.78, 5) is 13.1. The summed E-state index contributed by atoms with van der Waals surface area (Å²) in [5.74, 6) is 0.933. The minimum Gasteiger partial charge on any atom is -0.490 e. The minimum atomic E-state index is -0.574. The fraction of sp³-hybridized carbons (Fsp3) is 0.417. The van der Waals surface area contributed by atoms with E-state index >= 15 is 0 Å². The third-order valence-corrected chi connectivity index (χ3v) is 6.30. The summed E-state index contributed by atoms with van der Waals surface area (Å²) in [5, 5.41) is 12.8. The number of benzene rings is 2. The highest BCUT2D eigenvalue weighted by molar-refractivity contribution is 5.99. The molecule has 0 radical (unpaired) electrons. The molecule has 2 saturated heterocycles. The smallest absolute Gasteiger partial charge is 0.219 e. The molecule has 2 aliphatic rings. The summed E-state index contributed by atoms with van der Waals surface area (Å²) in [6.07, 6.45) is 2.84. The first-order valence-electron chi connectivity index (χ1n) is 11.1. The maximum Gasteiger partial charge on any atom is 0.219 e. The molecule has 1 aromatic heterocycles. The van der Waals surface area contributed by atoms with Gasteiger partial charge in [0.1, 0.15) is 18.5 Å². The van der Waals surface area contributed by atoms with Gasteiger partial charge in [0.05, 0.1) is 19.3 Å². The molecule has 3 heterocycles. The number of aliphatic hydroxyl groups is 1. The number of rotatable bonds is 7. The number of piperazine rings is 1. The van der Waals surface area contributed by atoms with E-state index < -0.39 is 6.10 Å². The first kappa shape index (κ1) is 21.1. The summed E-state index contributed by atoms with van der Waals surface area (Å²) in [6, 6.07) is 12.7. The Hall–Kier alpha value is -2.78. The first-order valence-corrected chi connectivity index (χ1v) is 11.1. The van der Waals surface area contributed by atoms with Gasteiger partial charge in [-0.1, -0.05) is 30.3 Å². The van der Waals surface area contributed by atoms with Crippen LogP contribution in [0.1, 0.15) is 0 Å². The Morgan fingerprint density at radius 3 is 2.53 bits per heavy atom. The second kappa shape index (κ2) is 9.38. The minimum absolute atomic E-state index is 0.220. The standard InChI is InChI=1S/C24H29N5O3/c25-24-26-11-18(12-27-24)23-21-4-2-1-3-17(21)5-6-22(23)32-16-20(30)13-28-7-9-29(10-8-28)19-14-31-15-19/h1-6,11-12,19-20,30H,7-10,13-16H2,(H2,25,26,27). The van der Waals surface area contributed by atoms with Gasteiger partial charge in [-0.15, -0.1) is 0 Å². The van der Waals surface area contributed by atoms with Crippen molar-refractivity contribution in [3.63, 3.8) is 0 Å². The molecule has 0 bridgehead atoms. The number of nitrogens with zero attached hydrogens (tertiary/aromatic N) is 4. The third-order valence-electron chi connectivity index (χ3n) is 6.30. The van der Waals surface area contributed by atoms with E-state index in [1.165, 1.54) is 0 Å². The Morgan fingerprint density at radius 1 is 1.06 bits per heavy atom. The van der Waals surface area contributed by atoms with Crippen LogP contribution in [0.2, 0.25) is 0 Å². The van der Waals surface area contributed by atoms with Crippen LogP contribution in [0.15, 0.2) is 48.8 Å². The normalized spacial score (nSPS) is 19.0. The van der Waals surface area contributed by atoms with Crippen molar-refractivity contribution in [3.8, 4) is 16.9 Å². The van der Waals surface area contributed by atoms with E-state index in [-0.39, 0.29) is 12.6 Å². The number of anilines is 1. The SMILES string of the molecule is Nc1ncc(-c2c(OCC(O)CN3CCN(C4COC4)CC3)ccc3ccccc23)cn1. The van der Waals surface area contributed by atoms with Gasteiger partial charge in [-0.05, 0) is 16.8 Å². The molecule has 2 fully saturated rings. The van der Waals surface area contributed by atoms with Crippen molar-refractivity contribution in [3.05, 3.63) is 48.8 Å². The number of hydrogen-bond acceptors (Lipinski definition) is 8. The molecule has 1 atom stereocenters. The van der Waals surface area contributed by atoms with E-state index in [1.54, 1.807) is 12.4 Å². The van der Waals surface area contributed by atoms with Crippen molar-refractivity contribution < 1.29 is 14.6 Å². The van der Waals surface area contributed by atoms with E-state index in [0.29, 0.717) is 18.3 Å². The summed E-state index contributed by atoms with van der Waals surface area (Å²) in [7, 11) is 0. The summed E-state index contributed by atoms with van der Waals surface area (Å²) >= 11 is 0. The van der Waals surface area contributed by atoms with Crippen molar-refractivity contribution in [1.82, 2.24) is 19.8 Å². The Bertz CT molecular complexity index is 1050. The maximum atomic E-state index is 10.7. The fourth-order valence-corrected chi connectivity index (χ4v) is 4.42. The third kappa shape index (κ3) is 4.54. The molecule has 0 spiro atoms. The van der Waals surface area contributed by atoms with Gasteiger partial charge in [-0.2, -0.15) is 0 Å². The Morgan fingerprint density at radius 2 is 1.81 bits per heavy atom. The lowest BCUT2D eigenvalue weighted by molar-refractivity contribution is -0.0793. The van der Waals surface area contributed by atoms with Gasteiger partial charge >= 0.3 is 0 Å². The van der Waals surface area contributed by atoms with Crippen molar-refractivity contribution in [1.29, 1.82) is 0 Å². The summed E-state index contributed by atoms with van der Waals surface area (Å²) in [6.45, 7) is 6.48. The number of fused-ring (bicyclic) bond motifs is 1. The van der Waals surface area contributed by atoms with Gasteiger partial charge < -0.3 is 20.3 Å². The highest BCUT2D eigenvalue weighted by Crippen LogP contribution is 2.36. The lowest BCUT2D eigenvalue weighted by atomic mass is 9.99. The van der Waals surface area contributed by atoms with Crippen molar-refractivity contribution >= 4 is 16.7 Å². The van der Waals surface area contributed by atoms with Gasteiger partial charge in [0.2, 0.25) is 5.95 Å². The average Bonchev–Trinajstić information content (AvgIpc) is 2.78. The summed E-state index contributed by atoms with van der Waals surface area (Å²) < 4.78 is 11.4. The van der Waals surface area contributed by atoms with Gasteiger partial charge in [0, 0.05) is 56.2 Å². The van der Waals surface area contributed by atoms with E-state index in [4.69, 9.17) is 15.2 Å². The molecule has 3 N–H and O–H groups in total. The Balaban J connectivity index is 1.26. The van der Waals surface area contributed by atoms with Gasteiger partial charge in [0.25, 0.3) is 0 Å². The zero-order valence-corrected chi connectivity index (χ0v) is 18.1. The first-order chi connectivity index (χ1) is 15.7. The van der Waals surface area contributed by atoms with Crippen LogP contribution in [0, 0.1) is 0 Å². The molecule has 32 heavy (non-hydrogen) atoms. The monoisotopic (exact) mass is 435 g/mol. The predicted molar refractivity (Wildman–Crippen MR) is 124 cm³/mol. The molecule has 8 nitrogen and oxygen atoms in total. The van der Waals surface area contributed by atoms with Crippen molar-refractivity contribution in [2.24, 2.45) is 0 Å². The number of hydrogen-bond donors (Lipinski definition) is 2.